The molecular formula is C25H18Cl2N4O5. The molecule has 2 unspecified atom stereocenters. The number of nitrogens with zero attached hydrogens (tertiary/aromatic N) is 2. The average Bonchev–Trinajstić information content (AvgIpc) is 3.62. The van der Waals surface area contributed by atoms with E-state index in [1.165, 1.54) is 30.3 Å². The maximum absolute atomic E-state index is 12.8. The van der Waals surface area contributed by atoms with Crippen LogP contribution in [0.1, 0.15) is 28.3 Å². The summed E-state index contributed by atoms with van der Waals surface area (Å²) in [7, 11) is 0. The summed E-state index contributed by atoms with van der Waals surface area (Å²) in [6.45, 7) is 0. The number of halogens is 2. The van der Waals surface area contributed by atoms with Crippen LogP contribution in [-0.2, 0) is 0 Å². The van der Waals surface area contributed by atoms with Crippen LogP contribution in [0.5, 0.6) is 17.2 Å². The second-order valence-corrected chi connectivity index (χ2v) is 9.02. The molecule has 3 N–H and O–H groups in total. The van der Waals surface area contributed by atoms with Crippen molar-refractivity contribution in [2.24, 2.45) is 0 Å². The van der Waals surface area contributed by atoms with Gasteiger partial charge in [0.15, 0.2) is 5.75 Å². The number of nitrogens with one attached hydrogen (secondary N) is 2. The third-order valence-electron chi connectivity index (χ3n) is 5.71. The minimum Gasteiger partial charge on any atom is -0.507 e. The zero-order chi connectivity index (χ0) is 25.4. The summed E-state index contributed by atoms with van der Waals surface area (Å²) < 4.78 is 6.74. The SMILES string of the molecule is O=C(NC1CC1c1ccccc1)c1cc(Oc2c(Cl)cc(-n3ncc(=O)[nH]c3=O)cc2Cl)ccc1O. The van der Waals surface area contributed by atoms with Crippen molar-refractivity contribution in [1.29, 1.82) is 0 Å². The molecule has 0 saturated heterocycles. The number of amides is 1. The summed E-state index contributed by atoms with van der Waals surface area (Å²) in [6.07, 6.45) is 1.76. The fraction of sp³-hybridized carbons (Fsp3) is 0.120. The number of hydrogen-bond acceptors (Lipinski definition) is 6. The second kappa shape index (κ2) is 9.52. The highest BCUT2D eigenvalue weighted by atomic mass is 35.5. The van der Waals surface area contributed by atoms with Crippen molar-refractivity contribution < 1.29 is 14.6 Å². The lowest BCUT2D eigenvalue weighted by molar-refractivity contribution is 0.0947. The van der Waals surface area contributed by atoms with Gasteiger partial charge in [-0.2, -0.15) is 9.78 Å². The van der Waals surface area contributed by atoms with E-state index in [-0.39, 0.29) is 50.5 Å². The van der Waals surface area contributed by atoms with E-state index in [1.54, 1.807) is 0 Å². The van der Waals surface area contributed by atoms with Crippen LogP contribution in [0.15, 0.2) is 76.4 Å². The number of rotatable bonds is 6. The van der Waals surface area contributed by atoms with Crippen LogP contribution in [0, 0.1) is 0 Å². The molecule has 1 amide bonds. The summed E-state index contributed by atoms with van der Waals surface area (Å²) >= 11 is 12.7. The highest BCUT2D eigenvalue weighted by molar-refractivity contribution is 6.37. The number of carbonyl (C=O) groups is 1. The largest absolute Gasteiger partial charge is 0.507 e. The molecule has 2 atom stereocenters. The monoisotopic (exact) mass is 524 g/mol. The van der Waals surface area contributed by atoms with Gasteiger partial charge in [-0.15, -0.1) is 0 Å². The number of phenolic OH excluding ortho intramolecular Hbond substituents is 1. The lowest BCUT2D eigenvalue weighted by Gasteiger charge is -2.13. The third-order valence-corrected chi connectivity index (χ3v) is 6.27. The van der Waals surface area contributed by atoms with Crippen LogP contribution in [0.25, 0.3) is 5.69 Å². The number of H-pyrrole nitrogens is 1. The van der Waals surface area contributed by atoms with Crippen molar-refractivity contribution in [3.8, 4) is 22.9 Å². The van der Waals surface area contributed by atoms with Crippen LogP contribution in [0.4, 0.5) is 0 Å². The Hall–Kier alpha value is -4.08. The van der Waals surface area contributed by atoms with Crippen LogP contribution in [0.2, 0.25) is 10.0 Å². The van der Waals surface area contributed by atoms with Gasteiger partial charge in [0.05, 0.1) is 21.3 Å². The number of benzene rings is 3. The van der Waals surface area contributed by atoms with Gasteiger partial charge in [0.1, 0.15) is 17.7 Å². The van der Waals surface area contributed by atoms with E-state index >= 15 is 0 Å². The number of phenols is 1. The van der Waals surface area contributed by atoms with E-state index in [0.717, 1.165) is 22.9 Å². The Labute approximate surface area is 213 Å². The molecule has 5 rings (SSSR count). The third kappa shape index (κ3) is 4.84. The molecule has 1 aromatic heterocycles. The fourth-order valence-corrected chi connectivity index (χ4v) is 4.40. The van der Waals surface area contributed by atoms with Crippen LogP contribution >= 0.6 is 23.2 Å². The minimum absolute atomic E-state index is 0.0229. The van der Waals surface area contributed by atoms with Gasteiger partial charge in [-0.3, -0.25) is 14.6 Å². The van der Waals surface area contributed by atoms with Crippen LogP contribution < -0.4 is 21.3 Å². The van der Waals surface area contributed by atoms with Crippen LogP contribution in [0.3, 0.4) is 0 Å². The number of aromatic hydroxyl groups is 1. The first-order valence-electron chi connectivity index (χ1n) is 10.8. The Balaban J connectivity index is 1.35. The molecule has 1 aliphatic carbocycles. The lowest BCUT2D eigenvalue weighted by Crippen LogP contribution is -2.30. The number of aromatic nitrogens is 3. The van der Waals surface area contributed by atoms with Gasteiger partial charge in [-0.1, -0.05) is 53.5 Å². The van der Waals surface area contributed by atoms with E-state index in [2.05, 4.69) is 15.4 Å². The fourth-order valence-electron chi connectivity index (χ4n) is 3.85. The minimum atomic E-state index is -0.761. The zero-order valence-corrected chi connectivity index (χ0v) is 20.0. The molecule has 0 aliphatic heterocycles. The van der Waals surface area contributed by atoms with Gasteiger partial charge in [0.2, 0.25) is 0 Å². The molecule has 1 fully saturated rings. The van der Waals surface area contributed by atoms with Crippen molar-refractivity contribution in [1.82, 2.24) is 20.1 Å². The van der Waals surface area contributed by atoms with Gasteiger partial charge in [-0.05, 0) is 42.3 Å². The van der Waals surface area contributed by atoms with Gasteiger partial charge < -0.3 is 15.2 Å². The van der Waals surface area contributed by atoms with Crippen molar-refractivity contribution >= 4 is 29.1 Å². The zero-order valence-electron chi connectivity index (χ0n) is 18.4. The summed E-state index contributed by atoms with van der Waals surface area (Å²) in [5.41, 5.74) is -0.00231. The quantitative estimate of drug-likeness (QED) is 0.349. The van der Waals surface area contributed by atoms with Crippen molar-refractivity contribution in [2.75, 3.05) is 0 Å². The Bertz CT molecular complexity index is 1560. The molecule has 182 valence electrons. The topological polar surface area (TPSA) is 126 Å². The Morgan fingerprint density at radius 1 is 1.08 bits per heavy atom. The maximum Gasteiger partial charge on any atom is 0.349 e. The smallest absolute Gasteiger partial charge is 0.349 e. The first kappa shape index (κ1) is 23.7. The van der Waals surface area contributed by atoms with E-state index in [9.17, 15) is 19.5 Å². The van der Waals surface area contributed by atoms with E-state index < -0.39 is 17.2 Å². The molecule has 1 aliphatic rings. The molecule has 11 heteroatoms. The number of aromatic amines is 1. The van der Waals surface area contributed by atoms with Gasteiger partial charge in [-0.25, -0.2) is 4.79 Å². The number of ether oxygens (including phenoxy) is 1. The molecule has 0 bridgehead atoms. The molecule has 9 nitrogen and oxygen atoms in total. The normalized spacial score (nSPS) is 16.4. The Morgan fingerprint density at radius 3 is 2.50 bits per heavy atom. The highest BCUT2D eigenvalue weighted by Crippen LogP contribution is 2.42. The van der Waals surface area contributed by atoms with E-state index in [0.29, 0.717) is 0 Å². The van der Waals surface area contributed by atoms with Gasteiger partial charge >= 0.3 is 5.69 Å². The predicted molar refractivity (Wildman–Crippen MR) is 134 cm³/mol. The molecule has 36 heavy (non-hydrogen) atoms. The molecule has 4 aromatic rings. The van der Waals surface area contributed by atoms with Crippen LogP contribution in [-0.4, -0.2) is 31.8 Å². The molecular weight excluding hydrogens is 507 g/mol. The molecule has 1 saturated carbocycles. The second-order valence-electron chi connectivity index (χ2n) is 8.20. The van der Waals surface area contributed by atoms with Crippen molar-refractivity contribution in [3.63, 3.8) is 0 Å². The first-order chi connectivity index (χ1) is 17.3. The molecule has 0 radical (unpaired) electrons. The highest BCUT2D eigenvalue weighted by Gasteiger charge is 2.39. The predicted octanol–water partition coefficient (Wildman–Crippen LogP) is 4.01. The summed E-state index contributed by atoms with van der Waals surface area (Å²) in [5.74, 6) is -0.116. The van der Waals surface area contributed by atoms with Crippen molar-refractivity contribution in [3.05, 3.63) is 109 Å². The van der Waals surface area contributed by atoms with Gasteiger partial charge in [0.25, 0.3) is 11.5 Å². The average molecular weight is 525 g/mol. The molecule has 0 spiro atoms. The Kier molecular flexibility index (Phi) is 6.26. The molecule has 1 heterocycles. The number of carbonyl (C=O) groups excluding carboxylic acids is 1. The summed E-state index contributed by atoms with van der Waals surface area (Å²) in [6, 6.07) is 16.8. The van der Waals surface area contributed by atoms with Crippen molar-refractivity contribution in [2.45, 2.75) is 18.4 Å². The molecule has 3 aromatic carbocycles. The lowest BCUT2D eigenvalue weighted by atomic mass is 10.1. The summed E-state index contributed by atoms with van der Waals surface area (Å²) in [5, 5.41) is 17.1. The number of hydrogen-bond donors (Lipinski definition) is 3. The van der Waals surface area contributed by atoms with Gasteiger partial charge in [0, 0.05) is 12.0 Å². The standard InChI is InChI=1S/C25H18Cl2N4O5/c26-18-8-14(31-25(35)30-22(33)12-28-31)9-19(27)23(18)36-15-6-7-21(32)17(10-15)24(34)29-20-11-16(20)13-4-2-1-3-5-13/h1-10,12,16,20,32H,11H2,(H,29,34)(H,30,33,35). The first-order valence-corrected chi connectivity index (χ1v) is 11.6. The van der Waals surface area contributed by atoms with E-state index in [4.69, 9.17) is 27.9 Å². The van der Waals surface area contributed by atoms with E-state index in [1.807, 2.05) is 30.3 Å². The maximum atomic E-state index is 12.8. The Morgan fingerprint density at radius 2 is 1.81 bits per heavy atom. The summed E-state index contributed by atoms with van der Waals surface area (Å²) in [4.78, 5) is 38.2.